The highest BCUT2D eigenvalue weighted by molar-refractivity contribution is 5.75. The number of urea groups is 1. The van der Waals surface area contributed by atoms with Crippen LogP contribution >= 0.6 is 0 Å². The number of nitrogens with one attached hydrogen (secondary N) is 2. The Labute approximate surface area is 119 Å². The van der Waals surface area contributed by atoms with Crippen LogP contribution in [0.2, 0.25) is 0 Å². The maximum absolute atomic E-state index is 11.6. The lowest BCUT2D eigenvalue weighted by Crippen LogP contribution is -2.41. The van der Waals surface area contributed by atoms with Crippen LogP contribution in [0.4, 0.5) is 4.79 Å². The fourth-order valence-electron chi connectivity index (χ4n) is 1.83. The van der Waals surface area contributed by atoms with E-state index in [0.29, 0.717) is 13.0 Å². The molecule has 3 N–H and O–H groups in total. The van der Waals surface area contributed by atoms with Gasteiger partial charge in [0, 0.05) is 13.1 Å². The molecule has 0 bridgehead atoms. The highest BCUT2D eigenvalue weighted by Crippen LogP contribution is 2.12. The highest BCUT2D eigenvalue weighted by Gasteiger charge is 2.16. The lowest BCUT2D eigenvalue weighted by atomic mass is 10.0. The third-order valence-corrected chi connectivity index (χ3v) is 3.29. The Bertz CT molecular complexity index is 434. The molecule has 1 aromatic rings. The summed E-state index contributed by atoms with van der Waals surface area (Å²) in [6.45, 7) is 4.48. The van der Waals surface area contributed by atoms with Crippen molar-refractivity contribution in [2.75, 3.05) is 13.1 Å². The number of benzene rings is 1. The topological polar surface area (TPSA) is 78.4 Å². The first kappa shape index (κ1) is 16.0. The molecule has 0 heterocycles. The van der Waals surface area contributed by atoms with Gasteiger partial charge in [0.15, 0.2) is 0 Å². The Morgan fingerprint density at radius 2 is 1.75 bits per heavy atom. The highest BCUT2D eigenvalue weighted by atomic mass is 16.4. The third-order valence-electron chi connectivity index (χ3n) is 3.29. The Morgan fingerprint density at radius 1 is 1.15 bits per heavy atom. The first-order valence-corrected chi connectivity index (χ1v) is 6.84. The van der Waals surface area contributed by atoms with E-state index in [-0.39, 0.29) is 18.5 Å². The second-order valence-corrected chi connectivity index (χ2v) is 4.85. The summed E-state index contributed by atoms with van der Waals surface area (Å²) >= 11 is 0. The summed E-state index contributed by atoms with van der Waals surface area (Å²) in [6.07, 6.45) is 0.496. The molecule has 0 radical (unpaired) electrons. The van der Waals surface area contributed by atoms with Crippen LogP contribution < -0.4 is 10.6 Å². The molecule has 2 unspecified atom stereocenters. The van der Waals surface area contributed by atoms with Crippen molar-refractivity contribution in [2.45, 2.75) is 26.2 Å². The van der Waals surface area contributed by atoms with E-state index in [0.717, 1.165) is 5.56 Å². The van der Waals surface area contributed by atoms with Gasteiger partial charge in [0.25, 0.3) is 0 Å². The lowest BCUT2D eigenvalue weighted by molar-refractivity contribution is -0.141. The van der Waals surface area contributed by atoms with Gasteiger partial charge in [-0.25, -0.2) is 4.79 Å². The van der Waals surface area contributed by atoms with E-state index in [9.17, 15) is 9.59 Å². The minimum Gasteiger partial charge on any atom is -0.481 e. The van der Waals surface area contributed by atoms with Crippen LogP contribution in [0, 0.1) is 5.92 Å². The molecule has 5 heteroatoms. The number of carboxylic acids is 1. The number of carboxylic acid groups (broad SMARTS) is 1. The van der Waals surface area contributed by atoms with Gasteiger partial charge < -0.3 is 15.7 Å². The molecule has 0 aliphatic carbocycles. The standard InChI is InChI=1S/C15H22N2O3/c1-3-12(14(18)19)10-17-15(20)16-9-11(2)13-7-5-4-6-8-13/h4-8,11-12H,3,9-10H2,1-2H3,(H,18,19)(H2,16,17,20). The van der Waals surface area contributed by atoms with Gasteiger partial charge in [-0.2, -0.15) is 0 Å². The molecule has 20 heavy (non-hydrogen) atoms. The second-order valence-electron chi connectivity index (χ2n) is 4.85. The molecule has 2 amide bonds. The maximum Gasteiger partial charge on any atom is 0.314 e. The zero-order valence-corrected chi connectivity index (χ0v) is 11.9. The molecule has 0 saturated carbocycles. The number of rotatable bonds is 7. The van der Waals surface area contributed by atoms with Gasteiger partial charge in [0.05, 0.1) is 5.92 Å². The van der Waals surface area contributed by atoms with Crippen molar-refractivity contribution >= 4 is 12.0 Å². The Balaban J connectivity index is 2.31. The third kappa shape index (κ3) is 5.30. The quantitative estimate of drug-likeness (QED) is 0.715. The summed E-state index contributed by atoms with van der Waals surface area (Å²) in [5, 5.41) is 14.2. The Morgan fingerprint density at radius 3 is 2.30 bits per heavy atom. The molecule has 2 atom stereocenters. The second kappa shape index (κ2) is 8.19. The largest absolute Gasteiger partial charge is 0.481 e. The van der Waals surface area contributed by atoms with Crippen LogP contribution in [0.25, 0.3) is 0 Å². The van der Waals surface area contributed by atoms with Gasteiger partial charge in [-0.3, -0.25) is 4.79 Å². The number of aliphatic carboxylic acids is 1. The molecular formula is C15H22N2O3. The average molecular weight is 278 g/mol. The molecule has 0 spiro atoms. The fourth-order valence-corrected chi connectivity index (χ4v) is 1.83. The van der Waals surface area contributed by atoms with E-state index in [2.05, 4.69) is 10.6 Å². The summed E-state index contributed by atoms with van der Waals surface area (Å²) in [6, 6.07) is 9.58. The van der Waals surface area contributed by atoms with Gasteiger partial charge in [-0.15, -0.1) is 0 Å². The Hall–Kier alpha value is -2.04. The van der Waals surface area contributed by atoms with Gasteiger partial charge >= 0.3 is 12.0 Å². The zero-order chi connectivity index (χ0) is 15.0. The van der Waals surface area contributed by atoms with Gasteiger partial charge in [-0.1, -0.05) is 44.2 Å². The van der Waals surface area contributed by atoms with Crippen molar-refractivity contribution in [2.24, 2.45) is 5.92 Å². The SMILES string of the molecule is CCC(CNC(=O)NCC(C)c1ccccc1)C(=O)O. The van der Waals surface area contributed by atoms with Crippen LogP contribution in [-0.4, -0.2) is 30.2 Å². The summed E-state index contributed by atoms with van der Waals surface area (Å²) in [7, 11) is 0. The molecule has 110 valence electrons. The molecule has 1 aromatic carbocycles. The average Bonchev–Trinajstić information content (AvgIpc) is 2.46. The number of hydrogen-bond acceptors (Lipinski definition) is 2. The number of amides is 2. The van der Waals surface area contributed by atoms with Crippen molar-refractivity contribution in [3.8, 4) is 0 Å². The van der Waals surface area contributed by atoms with Crippen molar-refractivity contribution in [3.05, 3.63) is 35.9 Å². The van der Waals surface area contributed by atoms with Gasteiger partial charge in [-0.05, 0) is 17.9 Å². The predicted molar refractivity (Wildman–Crippen MR) is 77.7 cm³/mol. The van der Waals surface area contributed by atoms with E-state index in [1.165, 1.54) is 0 Å². The number of carbonyl (C=O) groups excluding carboxylic acids is 1. The summed E-state index contributed by atoms with van der Waals surface area (Å²) in [5.41, 5.74) is 1.16. The first-order valence-electron chi connectivity index (χ1n) is 6.84. The van der Waals surface area contributed by atoms with Crippen molar-refractivity contribution < 1.29 is 14.7 Å². The predicted octanol–water partition coefficient (Wildman–Crippen LogP) is 2.20. The van der Waals surface area contributed by atoms with Crippen LogP contribution in [0.5, 0.6) is 0 Å². The molecule has 0 fully saturated rings. The maximum atomic E-state index is 11.6. The molecule has 5 nitrogen and oxygen atoms in total. The smallest absolute Gasteiger partial charge is 0.314 e. The normalized spacial score (nSPS) is 13.3. The Kier molecular flexibility index (Phi) is 6.56. The van der Waals surface area contributed by atoms with Crippen molar-refractivity contribution in [1.29, 1.82) is 0 Å². The summed E-state index contributed by atoms with van der Waals surface area (Å²) in [4.78, 5) is 22.4. The lowest BCUT2D eigenvalue weighted by Gasteiger charge is -2.15. The van der Waals surface area contributed by atoms with E-state index >= 15 is 0 Å². The summed E-state index contributed by atoms with van der Waals surface area (Å²) < 4.78 is 0. The van der Waals surface area contributed by atoms with Crippen LogP contribution in [-0.2, 0) is 4.79 Å². The zero-order valence-electron chi connectivity index (χ0n) is 11.9. The first-order chi connectivity index (χ1) is 9.54. The van der Waals surface area contributed by atoms with Crippen molar-refractivity contribution in [3.63, 3.8) is 0 Å². The van der Waals surface area contributed by atoms with Gasteiger partial charge in [0.1, 0.15) is 0 Å². The minimum absolute atomic E-state index is 0.150. The van der Waals surface area contributed by atoms with E-state index < -0.39 is 11.9 Å². The molecule has 1 rings (SSSR count). The van der Waals surface area contributed by atoms with Crippen molar-refractivity contribution in [1.82, 2.24) is 10.6 Å². The monoisotopic (exact) mass is 278 g/mol. The number of carbonyl (C=O) groups is 2. The molecule has 0 saturated heterocycles. The van der Waals surface area contributed by atoms with Gasteiger partial charge in [0.2, 0.25) is 0 Å². The van der Waals surface area contributed by atoms with E-state index in [1.54, 1.807) is 6.92 Å². The van der Waals surface area contributed by atoms with Crippen LogP contribution in [0.3, 0.4) is 0 Å². The van der Waals surface area contributed by atoms with E-state index in [4.69, 9.17) is 5.11 Å². The van der Waals surface area contributed by atoms with Crippen LogP contribution in [0.15, 0.2) is 30.3 Å². The van der Waals surface area contributed by atoms with E-state index in [1.807, 2.05) is 37.3 Å². The molecule has 0 aliphatic rings. The van der Waals surface area contributed by atoms with Crippen LogP contribution in [0.1, 0.15) is 31.7 Å². The molecular weight excluding hydrogens is 256 g/mol. The minimum atomic E-state index is -0.884. The number of hydrogen-bond donors (Lipinski definition) is 3. The fraction of sp³-hybridized carbons (Fsp3) is 0.467. The molecule has 0 aromatic heterocycles. The summed E-state index contributed by atoms with van der Waals surface area (Å²) in [5.74, 6) is -1.21. The molecule has 0 aliphatic heterocycles.